The van der Waals surface area contributed by atoms with E-state index in [0.717, 1.165) is 15.0 Å². The van der Waals surface area contributed by atoms with E-state index in [1.54, 1.807) is 36.3 Å². The van der Waals surface area contributed by atoms with Gasteiger partial charge in [-0.05, 0) is 24.3 Å². The van der Waals surface area contributed by atoms with Crippen molar-refractivity contribution in [2.75, 3.05) is 20.3 Å². The lowest BCUT2D eigenvalue weighted by Crippen LogP contribution is -2.33. The molecule has 8 heteroatoms. The van der Waals surface area contributed by atoms with Gasteiger partial charge in [0.05, 0.1) is 29.1 Å². The summed E-state index contributed by atoms with van der Waals surface area (Å²) in [5.41, 5.74) is 0.361. The summed E-state index contributed by atoms with van der Waals surface area (Å²) in [6, 6.07) is 15.0. The number of aromatic nitrogens is 2. The molecule has 0 saturated carbocycles. The molecule has 1 N–H and O–H groups in total. The third-order valence-electron chi connectivity index (χ3n) is 4.82. The Bertz CT molecular complexity index is 1330. The molecule has 0 radical (unpaired) electrons. The van der Waals surface area contributed by atoms with E-state index >= 15 is 0 Å². The Morgan fingerprint density at radius 3 is 2.71 bits per heavy atom. The normalized spacial score (nSPS) is 11.5. The molecular formula is C23H20ClN3O3S. The summed E-state index contributed by atoms with van der Waals surface area (Å²) in [5.74, 6) is 0.197. The highest BCUT2D eigenvalue weighted by Crippen LogP contribution is 2.35. The van der Waals surface area contributed by atoms with Crippen LogP contribution in [0.15, 0.2) is 59.4 Å². The molecule has 0 aliphatic carbocycles. The van der Waals surface area contributed by atoms with E-state index in [2.05, 4.69) is 9.97 Å². The molecule has 2 aromatic heterocycles. The van der Waals surface area contributed by atoms with Gasteiger partial charge in [0.25, 0.3) is 5.56 Å². The van der Waals surface area contributed by atoms with Gasteiger partial charge in [0, 0.05) is 34.7 Å². The largest absolute Gasteiger partial charge is 0.383 e. The Hall–Kier alpha value is -3.00. The maximum atomic E-state index is 12.9. The van der Waals surface area contributed by atoms with Crippen LogP contribution in [0.4, 0.5) is 0 Å². The van der Waals surface area contributed by atoms with Crippen molar-refractivity contribution in [3.05, 3.63) is 80.7 Å². The van der Waals surface area contributed by atoms with Crippen molar-refractivity contribution in [2.24, 2.45) is 0 Å². The number of ether oxygens (including phenoxy) is 1. The molecule has 31 heavy (non-hydrogen) atoms. The van der Waals surface area contributed by atoms with Crippen LogP contribution in [0.25, 0.3) is 27.1 Å². The van der Waals surface area contributed by atoms with Crippen LogP contribution >= 0.6 is 22.9 Å². The smallest absolute Gasteiger partial charge is 0.258 e. The van der Waals surface area contributed by atoms with Gasteiger partial charge in [0.2, 0.25) is 5.91 Å². The maximum Gasteiger partial charge on any atom is 0.258 e. The molecule has 0 aliphatic heterocycles. The average Bonchev–Trinajstić information content (AvgIpc) is 3.10. The minimum atomic E-state index is -0.229. The fourth-order valence-corrected chi connectivity index (χ4v) is 4.65. The molecule has 0 spiro atoms. The number of hydrogen-bond acceptors (Lipinski definition) is 5. The number of aromatic amines is 1. The molecular weight excluding hydrogens is 434 g/mol. The van der Waals surface area contributed by atoms with Gasteiger partial charge >= 0.3 is 0 Å². The summed E-state index contributed by atoms with van der Waals surface area (Å²) in [7, 11) is 1.58. The number of thiophene rings is 1. The number of benzene rings is 2. The van der Waals surface area contributed by atoms with Crippen molar-refractivity contribution in [3.63, 3.8) is 0 Å². The number of H-pyrrole nitrogens is 1. The molecule has 0 unspecified atom stereocenters. The highest BCUT2D eigenvalue weighted by Gasteiger charge is 2.15. The van der Waals surface area contributed by atoms with Crippen molar-refractivity contribution in [1.29, 1.82) is 0 Å². The van der Waals surface area contributed by atoms with E-state index in [9.17, 15) is 9.59 Å². The van der Waals surface area contributed by atoms with E-state index in [1.807, 2.05) is 30.3 Å². The van der Waals surface area contributed by atoms with Crippen molar-refractivity contribution >= 4 is 55.9 Å². The molecule has 2 aromatic carbocycles. The Morgan fingerprint density at radius 1 is 1.19 bits per heavy atom. The number of para-hydroxylation sites is 1. The lowest BCUT2D eigenvalue weighted by molar-refractivity contribution is -0.127. The lowest BCUT2D eigenvalue weighted by atomic mass is 10.2. The predicted molar refractivity (Wildman–Crippen MR) is 126 cm³/mol. The van der Waals surface area contributed by atoms with Gasteiger partial charge in [-0.1, -0.05) is 41.9 Å². The molecule has 0 fully saturated rings. The van der Waals surface area contributed by atoms with Crippen LogP contribution in [0, 0.1) is 0 Å². The molecule has 0 atom stereocenters. The van der Waals surface area contributed by atoms with Crippen LogP contribution in [0.3, 0.4) is 0 Å². The number of carbonyl (C=O) groups excluding carboxylic acids is 1. The Kier molecular flexibility index (Phi) is 6.46. The summed E-state index contributed by atoms with van der Waals surface area (Å²) in [5, 5.41) is 2.12. The zero-order valence-electron chi connectivity index (χ0n) is 16.8. The van der Waals surface area contributed by atoms with Gasteiger partial charge in [-0.15, -0.1) is 11.3 Å². The van der Waals surface area contributed by atoms with E-state index in [4.69, 9.17) is 16.3 Å². The third-order valence-corrected chi connectivity index (χ3v) is 6.47. The summed E-state index contributed by atoms with van der Waals surface area (Å²) < 4.78 is 6.21. The second-order valence-corrected chi connectivity index (χ2v) is 8.35. The number of halogens is 1. The molecule has 0 saturated heterocycles. The first-order chi connectivity index (χ1) is 15.1. The highest BCUT2D eigenvalue weighted by atomic mass is 35.5. The van der Waals surface area contributed by atoms with E-state index in [-0.39, 0.29) is 18.0 Å². The molecule has 1 amide bonds. The maximum absolute atomic E-state index is 12.9. The van der Waals surface area contributed by atoms with Gasteiger partial charge in [-0.3, -0.25) is 9.59 Å². The van der Waals surface area contributed by atoms with Crippen molar-refractivity contribution in [3.8, 4) is 0 Å². The standard InChI is InChI=1S/C23H20ClN3O3S/c1-30-13-12-27(14-20-25-17-8-4-2-6-15(17)23(29)26-20)21(28)11-10-19-22(24)16-7-3-5-9-18(16)31-19/h2-11H,12-14H2,1H3,(H,25,26,29)/b11-10+. The number of nitrogens with one attached hydrogen (secondary N) is 1. The van der Waals surface area contributed by atoms with Crippen LogP contribution in [-0.4, -0.2) is 41.0 Å². The number of hydrogen-bond donors (Lipinski definition) is 1. The van der Waals surface area contributed by atoms with Gasteiger partial charge in [-0.2, -0.15) is 0 Å². The average molecular weight is 454 g/mol. The number of rotatable bonds is 7. The van der Waals surface area contributed by atoms with Crippen LogP contribution in [0.5, 0.6) is 0 Å². The quantitative estimate of drug-likeness (QED) is 0.418. The van der Waals surface area contributed by atoms with Crippen molar-refractivity contribution in [2.45, 2.75) is 6.54 Å². The minimum absolute atomic E-state index is 0.159. The summed E-state index contributed by atoms with van der Waals surface area (Å²) >= 11 is 8.00. The Balaban J connectivity index is 1.58. The number of methoxy groups -OCH3 is 1. The first-order valence-corrected chi connectivity index (χ1v) is 10.9. The van der Waals surface area contributed by atoms with Crippen LogP contribution in [0.2, 0.25) is 5.02 Å². The van der Waals surface area contributed by atoms with Crippen molar-refractivity contribution in [1.82, 2.24) is 14.9 Å². The fraction of sp³-hybridized carbons (Fsp3) is 0.174. The van der Waals surface area contributed by atoms with Gasteiger partial charge in [0.1, 0.15) is 5.82 Å². The molecule has 6 nitrogen and oxygen atoms in total. The number of carbonyl (C=O) groups is 1. The second-order valence-electron chi connectivity index (χ2n) is 6.89. The Morgan fingerprint density at radius 2 is 1.94 bits per heavy atom. The minimum Gasteiger partial charge on any atom is -0.383 e. The van der Waals surface area contributed by atoms with Crippen LogP contribution < -0.4 is 5.56 Å². The molecule has 0 aliphatic rings. The lowest BCUT2D eigenvalue weighted by Gasteiger charge is -2.20. The predicted octanol–water partition coefficient (Wildman–Crippen LogP) is 4.48. The third kappa shape index (κ3) is 4.69. The molecule has 4 aromatic rings. The zero-order valence-corrected chi connectivity index (χ0v) is 18.4. The molecule has 2 heterocycles. The molecule has 158 valence electrons. The van der Waals surface area contributed by atoms with Crippen LogP contribution in [-0.2, 0) is 16.1 Å². The fourth-order valence-electron chi connectivity index (χ4n) is 3.25. The van der Waals surface area contributed by atoms with Crippen LogP contribution in [0.1, 0.15) is 10.7 Å². The van der Waals surface area contributed by atoms with Crippen molar-refractivity contribution < 1.29 is 9.53 Å². The number of nitrogens with zero attached hydrogens (tertiary/aromatic N) is 2. The second kappa shape index (κ2) is 9.43. The summed E-state index contributed by atoms with van der Waals surface area (Å²) in [6.07, 6.45) is 3.22. The first-order valence-electron chi connectivity index (χ1n) is 9.67. The van der Waals surface area contributed by atoms with Gasteiger partial charge in [0.15, 0.2) is 0 Å². The monoisotopic (exact) mass is 453 g/mol. The molecule has 4 rings (SSSR count). The number of fused-ring (bicyclic) bond motifs is 2. The summed E-state index contributed by atoms with van der Waals surface area (Å²) in [4.78, 5) is 34.9. The van der Waals surface area contributed by atoms with Gasteiger partial charge < -0.3 is 14.6 Å². The zero-order chi connectivity index (χ0) is 21.8. The van der Waals surface area contributed by atoms with E-state index in [1.165, 1.54) is 17.4 Å². The Labute approximate surface area is 187 Å². The van der Waals surface area contributed by atoms with E-state index < -0.39 is 0 Å². The van der Waals surface area contributed by atoms with E-state index in [0.29, 0.717) is 34.9 Å². The SMILES string of the molecule is COCCN(Cc1nc2ccccc2c(=O)[nH]1)C(=O)/C=C/c1sc2ccccc2c1Cl. The highest BCUT2D eigenvalue weighted by molar-refractivity contribution is 7.20. The molecule has 0 bridgehead atoms. The van der Waals surface area contributed by atoms with Gasteiger partial charge in [-0.25, -0.2) is 4.98 Å². The summed E-state index contributed by atoms with van der Waals surface area (Å²) in [6.45, 7) is 0.879. The topological polar surface area (TPSA) is 75.3 Å². The number of amides is 1. The first kappa shape index (κ1) is 21.2.